The Balaban J connectivity index is 1.32. The number of benzene rings is 7. The zero-order valence-corrected chi connectivity index (χ0v) is 26.6. The number of para-hydroxylation sites is 1. The molecule has 1 aliphatic rings. The van der Waals surface area contributed by atoms with Crippen molar-refractivity contribution < 1.29 is 0 Å². The van der Waals surface area contributed by atoms with E-state index >= 15 is 0 Å². The second-order valence-corrected chi connectivity index (χ2v) is 12.5. The fourth-order valence-corrected chi connectivity index (χ4v) is 7.82. The van der Waals surface area contributed by atoms with Gasteiger partial charge in [-0.1, -0.05) is 133 Å². The molecule has 0 fully saturated rings. The van der Waals surface area contributed by atoms with Gasteiger partial charge in [-0.25, -0.2) is 9.97 Å². The molecule has 7 aromatic carbocycles. The van der Waals surface area contributed by atoms with Crippen molar-refractivity contribution in [2.45, 2.75) is 0 Å². The van der Waals surface area contributed by atoms with Gasteiger partial charge in [-0.2, -0.15) is 0 Å². The topological polar surface area (TPSA) is 29.0 Å². The lowest BCUT2D eigenvalue weighted by atomic mass is 9.82. The molecule has 0 bridgehead atoms. The number of nitrogens with zero attached hydrogens (tertiary/aromatic N) is 3. The molecule has 9 aromatic rings. The molecule has 49 heavy (non-hydrogen) atoms. The minimum atomic E-state index is 0.821. The third-order valence-corrected chi connectivity index (χ3v) is 9.83. The first-order chi connectivity index (χ1) is 24.3. The standard InChI is InChI=1S/C46H29N3/c1-3-15-31(16-4-1)42-33-19-8-9-20-34(33)43(32-17-5-2-6-18-32)46-37-26-27-39(35-21-13-22-36(44(35)37)45(42)46)49(40-24-11-12-29-47-40)41-28-25-30-14-7-10-23-38(30)48-41/h1-29H. The molecule has 0 atom stereocenters. The van der Waals surface area contributed by atoms with E-state index < -0.39 is 0 Å². The number of rotatable bonds is 5. The van der Waals surface area contributed by atoms with Crippen molar-refractivity contribution in [3.05, 3.63) is 176 Å². The molecule has 0 spiro atoms. The highest BCUT2D eigenvalue weighted by Gasteiger charge is 2.32. The fraction of sp³-hybridized carbons (Fsp3) is 0. The highest BCUT2D eigenvalue weighted by Crippen LogP contribution is 2.59. The van der Waals surface area contributed by atoms with Crippen molar-refractivity contribution in [2.75, 3.05) is 4.90 Å². The van der Waals surface area contributed by atoms with Gasteiger partial charge >= 0.3 is 0 Å². The molecule has 2 heterocycles. The monoisotopic (exact) mass is 623 g/mol. The number of anilines is 3. The Labute approximate surface area is 284 Å². The first-order valence-electron chi connectivity index (χ1n) is 16.7. The molecule has 3 heteroatoms. The maximum atomic E-state index is 5.17. The van der Waals surface area contributed by atoms with Crippen LogP contribution in [0.3, 0.4) is 0 Å². The van der Waals surface area contributed by atoms with Crippen LogP contribution in [-0.4, -0.2) is 9.97 Å². The number of hydrogen-bond acceptors (Lipinski definition) is 3. The van der Waals surface area contributed by atoms with Crippen molar-refractivity contribution in [3.8, 4) is 44.5 Å². The van der Waals surface area contributed by atoms with E-state index in [0.717, 1.165) is 33.6 Å². The van der Waals surface area contributed by atoms with E-state index in [0.29, 0.717) is 0 Å². The van der Waals surface area contributed by atoms with Gasteiger partial charge in [0.2, 0.25) is 0 Å². The molecule has 0 saturated carbocycles. The highest BCUT2D eigenvalue weighted by atomic mass is 15.2. The lowest BCUT2D eigenvalue weighted by molar-refractivity contribution is 1.15. The molecule has 2 aromatic heterocycles. The van der Waals surface area contributed by atoms with Crippen molar-refractivity contribution in [1.82, 2.24) is 9.97 Å². The SMILES string of the molecule is c1ccc(-c2c3c(c(-c4ccccc4)c4ccccc24)-c2ccc(N(c4ccccn4)c4ccc5ccccc5n4)c4cccc-3c24)cc1. The second-order valence-electron chi connectivity index (χ2n) is 12.5. The van der Waals surface area contributed by atoms with E-state index in [9.17, 15) is 0 Å². The third-order valence-electron chi connectivity index (χ3n) is 9.83. The molecule has 10 rings (SSSR count). The minimum Gasteiger partial charge on any atom is -0.278 e. The smallest absolute Gasteiger partial charge is 0.139 e. The third kappa shape index (κ3) is 4.23. The maximum Gasteiger partial charge on any atom is 0.139 e. The summed E-state index contributed by atoms with van der Waals surface area (Å²) >= 11 is 0. The summed E-state index contributed by atoms with van der Waals surface area (Å²) in [7, 11) is 0. The van der Waals surface area contributed by atoms with Gasteiger partial charge < -0.3 is 0 Å². The molecule has 0 unspecified atom stereocenters. The van der Waals surface area contributed by atoms with E-state index in [-0.39, 0.29) is 0 Å². The lowest BCUT2D eigenvalue weighted by Gasteiger charge is -2.25. The Hall–Kier alpha value is -6.58. The summed E-state index contributed by atoms with van der Waals surface area (Å²) in [5.41, 5.74) is 12.0. The quantitative estimate of drug-likeness (QED) is 0.191. The van der Waals surface area contributed by atoms with Crippen LogP contribution in [0.25, 0.3) is 77.0 Å². The van der Waals surface area contributed by atoms with Gasteiger partial charge in [0.25, 0.3) is 0 Å². The van der Waals surface area contributed by atoms with Crippen LogP contribution in [0.15, 0.2) is 176 Å². The summed E-state index contributed by atoms with van der Waals surface area (Å²) in [5, 5.41) is 6.03. The zero-order valence-electron chi connectivity index (χ0n) is 26.6. The molecule has 0 N–H and O–H groups in total. The molecule has 228 valence electrons. The van der Waals surface area contributed by atoms with Crippen LogP contribution in [0, 0.1) is 0 Å². The van der Waals surface area contributed by atoms with Gasteiger partial charge in [0.05, 0.1) is 11.2 Å². The van der Waals surface area contributed by atoms with Gasteiger partial charge in [-0.15, -0.1) is 0 Å². The van der Waals surface area contributed by atoms with Crippen molar-refractivity contribution >= 4 is 49.8 Å². The lowest BCUT2D eigenvalue weighted by Crippen LogP contribution is -2.13. The summed E-state index contributed by atoms with van der Waals surface area (Å²) in [6, 6.07) is 60.5. The Morgan fingerprint density at radius 1 is 0.388 bits per heavy atom. The van der Waals surface area contributed by atoms with Crippen LogP contribution < -0.4 is 4.90 Å². The van der Waals surface area contributed by atoms with Crippen LogP contribution in [0.2, 0.25) is 0 Å². The molecular formula is C46H29N3. The zero-order chi connectivity index (χ0) is 32.3. The van der Waals surface area contributed by atoms with Crippen molar-refractivity contribution in [2.24, 2.45) is 0 Å². The van der Waals surface area contributed by atoms with E-state index in [1.54, 1.807) is 0 Å². The van der Waals surface area contributed by atoms with Crippen molar-refractivity contribution in [3.63, 3.8) is 0 Å². The normalized spacial score (nSPS) is 11.7. The van der Waals surface area contributed by atoms with E-state index in [2.05, 4.69) is 157 Å². The molecule has 3 nitrogen and oxygen atoms in total. The predicted octanol–water partition coefficient (Wildman–Crippen LogP) is 12.4. The van der Waals surface area contributed by atoms with Crippen LogP contribution in [0.5, 0.6) is 0 Å². The second kappa shape index (κ2) is 11.0. The number of fused-ring (bicyclic) bond motifs is 5. The highest BCUT2D eigenvalue weighted by molar-refractivity contribution is 6.29. The summed E-state index contributed by atoms with van der Waals surface area (Å²) in [4.78, 5) is 12.2. The molecule has 0 amide bonds. The molecular weight excluding hydrogens is 595 g/mol. The van der Waals surface area contributed by atoms with E-state index in [4.69, 9.17) is 9.97 Å². The minimum absolute atomic E-state index is 0.821. The van der Waals surface area contributed by atoms with Gasteiger partial charge in [0, 0.05) is 17.0 Å². The van der Waals surface area contributed by atoms with Crippen LogP contribution >= 0.6 is 0 Å². The Morgan fingerprint density at radius 3 is 1.69 bits per heavy atom. The first-order valence-corrected chi connectivity index (χ1v) is 16.7. The van der Waals surface area contributed by atoms with E-state index in [1.165, 1.54) is 60.7 Å². The predicted molar refractivity (Wildman–Crippen MR) is 205 cm³/mol. The van der Waals surface area contributed by atoms with Crippen molar-refractivity contribution in [1.29, 1.82) is 0 Å². The average Bonchev–Trinajstić information content (AvgIpc) is 3.50. The Kier molecular flexibility index (Phi) is 6.18. The number of hydrogen-bond donors (Lipinski definition) is 0. The molecule has 1 aliphatic carbocycles. The fourth-order valence-electron chi connectivity index (χ4n) is 7.82. The summed E-state index contributed by atoms with van der Waals surface area (Å²) in [5.74, 6) is 1.65. The number of pyridine rings is 2. The first kappa shape index (κ1) is 27.5. The van der Waals surface area contributed by atoms with Gasteiger partial charge in [-0.3, -0.25) is 4.90 Å². The van der Waals surface area contributed by atoms with Crippen LogP contribution in [0.4, 0.5) is 17.3 Å². The summed E-state index contributed by atoms with van der Waals surface area (Å²) < 4.78 is 0. The van der Waals surface area contributed by atoms with Gasteiger partial charge in [0.15, 0.2) is 0 Å². The average molecular weight is 624 g/mol. The van der Waals surface area contributed by atoms with Gasteiger partial charge in [0.1, 0.15) is 11.6 Å². The largest absolute Gasteiger partial charge is 0.278 e. The van der Waals surface area contributed by atoms with Gasteiger partial charge in [-0.05, 0) is 97.1 Å². The Morgan fingerprint density at radius 2 is 1.00 bits per heavy atom. The molecule has 0 saturated heterocycles. The maximum absolute atomic E-state index is 5.17. The molecule has 0 radical (unpaired) electrons. The Bertz CT molecular complexity index is 2610. The molecule has 0 aliphatic heterocycles. The summed E-state index contributed by atoms with van der Waals surface area (Å²) in [6.45, 7) is 0. The number of aromatic nitrogens is 2. The van der Waals surface area contributed by atoms with Crippen LogP contribution in [0.1, 0.15) is 0 Å². The van der Waals surface area contributed by atoms with Crippen LogP contribution in [-0.2, 0) is 0 Å². The summed E-state index contributed by atoms with van der Waals surface area (Å²) in [6.07, 6.45) is 1.85. The van der Waals surface area contributed by atoms with E-state index in [1.807, 2.05) is 24.4 Å².